The van der Waals surface area contributed by atoms with E-state index in [2.05, 4.69) is 0 Å². The Labute approximate surface area is 150 Å². The molecule has 2 saturated heterocycles. The fourth-order valence-electron chi connectivity index (χ4n) is 3.03. The topological polar surface area (TPSA) is 71.1 Å². The van der Waals surface area contributed by atoms with Gasteiger partial charge in [0.2, 0.25) is 0 Å². The molecule has 2 aliphatic rings. The Kier molecular flexibility index (Phi) is 4.69. The number of fused-ring (bicyclic) bond motifs is 1. The third kappa shape index (κ3) is 3.34. The lowest BCUT2D eigenvalue weighted by atomic mass is 9.90. The summed E-state index contributed by atoms with van der Waals surface area (Å²) < 4.78 is 21.9. The van der Waals surface area contributed by atoms with Crippen molar-refractivity contribution < 1.29 is 28.5 Å². The Bertz CT molecular complexity index is 708. The third-order valence-electron chi connectivity index (χ3n) is 4.50. The molecule has 4 atom stereocenters. The van der Waals surface area contributed by atoms with Gasteiger partial charge in [-0.2, -0.15) is 0 Å². The van der Waals surface area contributed by atoms with Crippen molar-refractivity contribution in [3.8, 4) is 0 Å². The summed E-state index contributed by atoms with van der Waals surface area (Å²) in [6, 6.07) is 17.6. The molecule has 134 valence electrons. The normalized spacial score (nSPS) is 26.0. The molecule has 2 aromatic carbocycles. The predicted molar refractivity (Wildman–Crippen MR) is 90.8 cm³/mol. The van der Waals surface area contributed by atoms with Crippen LogP contribution in [0.4, 0.5) is 0 Å². The highest BCUT2D eigenvalue weighted by Gasteiger charge is 2.58. The Hall–Kier alpha value is -2.70. The van der Waals surface area contributed by atoms with Crippen LogP contribution in [0.3, 0.4) is 0 Å². The predicted octanol–water partition coefficient (Wildman–Crippen LogP) is 2.24. The van der Waals surface area contributed by atoms with Gasteiger partial charge in [-0.3, -0.25) is 0 Å². The van der Waals surface area contributed by atoms with Crippen molar-refractivity contribution in [1.82, 2.24) is 0 Å². The van der Waals surface area contributed by atoms with Crippen LogP contribution >= 0.6 is 0 Å². The van der Waals surface area contributed by atoms with Crippen molar-refractivity contribution in [3.05, 3.63) is 71.8 Å². The Morgan fingerprint density at radius 3 is 1.42 bits per heavy atom. The molecule has 0 N–H and O–H groups in total. The second kappa shape index (κ2) is 7.27. The van der Waals surface area contributed by atoms with Gasteiger partial charge < -0.3 is 18.9 Å². The van der Waals surface area contributed by atoms with Crippen LogP contribution in [-0.4, -0.2) is 49.6 Å². The van der Waals surface area contributed by atoms with Gasteiger partial charge in [-0.1, -0.05) is 36.4 Å². The average Bonchev–Trinajstić information content (AvgIpc) is 2.69. The lowest BCUT2D eigenvalue weighted by Crippen LogP contribution is -2.72. The molecule has 0 aliphatic carbocycles. The van der Waals surface area contributed by atoms with E-state index < -0.39 is 0 Å². The van der Waals surface area contributed by atoms with E-state index in [0.717, 1.165) is 0 Å². The number of carbonyl (C=O) groups excluding carboxylic acids is 2. The summed E-state index contributed by atoms with van der Waals surface area (Å²) in [4.78, 5) is 23.8. The van der Waals surface area contributed by atoms with Crippen LogP contribution in [0, 0.1) is 0 Å². The largest absolute Gasteiger partial charge is 0.459 e. The first-order chi connectivity index (χ1) is 12.7. The van der Waals surface area contributed by atoms with Gasteiger partial charge >= 0.3 is 11.9 Å². The molecule has 6 heteroatoms. The number of benzene rings is 2. The van der Waals surface area contributed by atoms with Gasteiger partial charge in [0.05, 0.1) is 11.1 Å². The standard InChI is InChI=1S/C20H18O6/c21-19(13-7-3-1-4-8-13)23-11-15-17-18(25-15)16(26-17)12-24-20(22)14-9-5-2-6-10-14/h1-10,15-18H,11-12H2/t15-,16+,17-,18-/m1/s1. The first kappa shape index (κ1) is 16.8. The van der Waals surface area contributed by atoms with Gasteiger partial charge in [0, 0.05) is 0 Å². The number of rotatable bonds is 6. The Morgan fingerprint density at radius 1 is 0.692 bits per heavy atom. The van der Waals surface area contributed by atoms with E-state index in [1.54, 1.807) is 48.5 Å². The lowest BCUT2D eigenvalue weighted by Gasteiger charge is -2.56. The van der Waals surface area contributed by atoms with Crippen LogP contribution in [0.25, 0.3) is 0 Å². The molecule has 2 heterocycles. The fraction of sp³-hybridized carbons (Fsp3) is 0.300. The van der Waals surface area contributed by atoms with Gasteiger partial charge in [-0.25, -0.2) is 9.59 Å². The monoisotopic (exact) mass is 354 g/mol. The summed E-state index contributed by atoms with van der Waals surface area (Å²) in [6.45, 7) is 0.289. The molecule has 0 radical (unpaired) electrons. The Morgan fingerprint density at radius 2 is 1.08 bits per heavy atom. The number of hydrogen-bond acceptors (Lipinski definition) is 6. The number of hydrogen-bond donors (Lipinski definition) is 0. The molecule has 0 spiro atoms. The third-order valence-corrected chi connectivity index (χ3v) is 4.50. The van der Waals surface area contributed by atoms with E-state index in [1.807, 2.05) is 12.1 Å². The van der Waals surface area contributed by atoms with Gasteiger partial charge in [0.25, 0.3) is 0 Å². The van der Waals surface area contributed by atoms with Crippen LogP contribution in [0.5, 0.6) is 0 Å². The molecule has 0 aromatic heterocycles. The van der Waals surface area contributed by atoms with Crippen molar-refractivity contribution in [2.75, 3.05) is 13.2 Å². The smallest absolute Gasteiger partial charge is 0.338 e. The Balaban J connectivity index is 1.17. The van der Waals surface area contributed by atoms with Gasteiger partial charge in [-0.15, -0.1) is 0 Å². The quantitative estimate of drug-likeness (QED) is 0.741. The molecule has 4 rings (SSSR count). The molecular weight excluding hydrogens is 336 g/mol. The maximum Gasteiger partial charge on any atom is 0.338 e. The van der Waals surface area contributed by atoms with Crippen LogP contribution in [0.2, 0.25) is 0 Å². The molecule has 26 heavy (non-hydrogen) atoms. The van der Waals surface area contributed by atoms with E-state index in [-0.39, 0.29) is 49.6 Å². The van der Waals surface area contributed by atoms with Gasteiger partial charge in [0.1, 0.15) is 37.6 Å². The molecule has 0 saturated carbocycles. The second-order valence-corrected chi connectivity index (χ2v) is 6.21. The van der Waals surface area contributed by atoms with Gasteiger partial charge in [-0.05, 0) is 24.3 Å². The zero-order valence-electron chi connectivity index (χ0n) is 13.9. The summed E-state index contributed by atoms with van der Waals surface area (Å²) in [5.74, 6) is -0.768. The summed E-state index contributed by atoms with van der Waals surface area (Å²) in [5, 5.41) is 0. The summed E-state index contributed by atoms with van der Waals surface area (Å²) in [6.07, 6.45) is -0.763. The zero-order chi connectivity index (χ0) is 17.9. The van der Waals surface area contributed by atoms with E-state index in [9.17, 15) is 9.59 Å². The van der Waals surface area contributed by atoms with Crippen molar-refractivity contribution in [1.29, 1.82) is 0 Å². The van der Waals surface area contributed by atoms with Gasteiger partial charge in [0.15, 0.2) is 0 Å². The van der Waals surface area contributed by atoms with Crippen molar-refractivity contribution in [2.24, 2.45) is 0 Å². The van der Waals surface area contributed by atoms with E-state index >= 15 is 0 Å². The van der Waals surface area contributed by atoms with Crippen LogP contribution in [-0.2, 0) is 18.9 Å². The molecule has 0 bridgehead atoms. The first-order valence-corrected chi connectivity index (χ1v) is 8.47. The van der Waals surface area contributed by atoms with Crippen LogP contribution < -0.4 is 0 Å². The minimum atomic E-state index is -0.384. The zero-order valence-corrected chi connectivity index (χ0v) is 13.9. The summed E-state index contributed by atoms with van der Waals surface area (Å²) in [7, 11) is 0. The minimum absolute atomic E-state index is 0.112. The van der Waals surface area contributed by atoms with Crippen LogP contribution in [0.15, 0.2) is 60.7 Å². The molecule has 0 amide bonds. The molecule has 2 fully saturated rings. The molecule has 0 unspecified atom stereocenters. The summed E-state index contributed by atoms with van der Waals surface area (Å²) in [5.41, 5.74) is 1.01. The lowest BCUT2D eigenvalue weighted by molar-refractivity contribution is -0.376. The minimum Gasteiger partial charge on any atom is -0.459 e. The molecule has 6 nitrogen and oxygen atoms in total. The van der Waals surface area contributed by atoms with Crippen LogP contribution in [0.1, 0.15) is 20.7 Å². The number of esters is 2. The summed E-state index contributed by atoms with van der Waals surface area (Å²) >= 11 is 0. The molecular formula is C20H18O6. The highest BCUT2D eigenvalue weighted by atomic mass is 16.7. The highest BCUT2D eigenvalue weighted by molar-refractivity contribution is 5.89. The van der Waals surface area contributed by atoms with E-state index in [4.69, 9.17) is 18.9 Å². The van der Waals surface area contributed by atoms with Crippen molar-refractivity contribution in [2.45, 2.75) is 24.4 Å². The van der Waals surface area contributed by atoms with Crippen molar-refractivity contribution >= 4 is 11.9 Å². The number of ether oxygens (including phenoxy) is 4. The molecule has 2 aromatic rings. The fourth-order valence-corrected chi connectivity index (χ4v) is 3.03. The van der Waals surface area contributed by atoms with E-state index in [1.165, 1.54) is 0 Å². The molecule has 2 aliphatic heterocycles. The maximum absolute atomic E-state index is 11.9. The highest BCUT2D eigenvalue weighted by Crippen LogP contribution is 2.39. The first-order valence-electron chi connectivity index (χ1n) is 8.47. The van der Waals surface area contributed by atoms with E-state index in [0.29, 0.717) is 11.1 Å². The van der Waals surface area contributed by atoms with Crippen molar-refractivity contribution in [3.63, 3.8) is 0 Å². The second-order valence-electron chi connectivity index (χ2n) is 6.21. The maximum atomic E-state index is 11.9. The SMILES string of the molecule is O=C(OC[C@@H]1O[C@H]2[C@@H]1O[C@@H]2COC(=O)c1ccccc1)c1ccccc1. The number of carbonyl (C=O) groups is 2. The average molecular weight is 354 g/mol.